The van der Waals surface area contributed by atoms with E-state index in [4.69, 9.17) is 19.2 Å². The SMILES string of the molecule is COC(=O)C1=C(C)NC(C)=C(C(=O)OC(C)C)C1c1cccc2nonc12.O=Cc1cccc2nonc12.OCc1cccc2nonc12. The van der Waals surface area contributed by atoms with Gasteiger partial charge in [-0.05, 0) is 88.5 Å². The van der Waals surface area contributed by atoms with E-state index in [9.17, 15) is 14.4 Å². The largest absolute Gasteiger partial charge is 0.466 e. The predicted octanol–water partition coefficient (Wildman–Crippen LogP) is 4.33. The maximum atomic E-state index is 12.9. The van der Waals surface area contributed by atoms with Crippen molar-refractivity contribution in [2.75, 3.05) is 7.11 Å². The number of aromatic nitrogens is 6. The highest BCUT2D eigenvalue weighted by atomic mass is 16.6. The average molecular weight is 670 g/mol. The number of hydrogen-bond acceptors (Lipinski definition) is 16. The first-order valence-corrected chi connectivity index (χ1v) is 14.8. The maximum Gasteiger partial charge on any atom is 0.337 e. The van der Waals surface area contributed by atoms with Crippen LogP contribution in [0.5, 0.6) is 0 Å². The van der Waals surface area contributed by atoms with Crippen molar-refractivity contribution < 1.29 is 42.9 Å². The molecule has 252 valence electrons. The first-order valence-electron chi connectivity index (χ1n) is 14.8. The second kappa shape index (κ2) is 15.1. The average Bonchev–Trinajstić information content (AvgIpc) is 3.88. The molecule has 3 aromatic carbocycles. The van der Waals surface area contributed by atoms with E-state index in [1.54, 1.807) is 82.3 Å². The number of ether oxygens (including phenoxy) is 2. The number of carbonyl (C=O) groups excluding carboxylic acids is 3. The molecule has 6 aromatic rings. The number of aliphatic hydroxyl groups excluding tert-OH is 1. The number of nitrogens with zero attached hydrogens (tertiary/aromatic N) is 6. The van der Waals surface area contributed by atoms with Crippen LogP contribution in [0.1, 0.15) is 55.1 Å². The number of esters is 2. The molecule has 0 spiro atoms. The van der Waals surface area contributed by atoms with Crippen molar-refractivity contribution in [3.8, 4) is 0 Å². The molecule has 0 amide bonds. The summed E-state index contributed by atoms with van der Waals surface area (Å²) in [5, 5.41) is 34.2. The molecule has 49 heavy (non-hydrogen) atoms. The molecule has 4 heterocycles. The molecule has 0 bridgehead atoms. The third kappa shape index (κ3) is 7.18. The van der Waals surface area contributed by atoms with Gasteiger partial charge in [0, 0.05) is 22.5 Å². The van der Waals surface area contributed by atoms with E-state index in [1.165, 1.54) is 7.11 Å². The molecule has 1 aliphatic heterocycles. The summed E-state index contributed by atoms with van der Waals surface area (Å²) in [6.07, 6.45) is 0.420. The van der Waals surface area contributed by atoms with Gasteiger partial charge in [-0.1, -0.05) is 30.3 Å². The number of aldehydes is 1. The molecular weight excluding hydrogens is 638 g/mol. The van der Waals surface area contributed by atoms with Crippen molar-refractivity contribution in [1.82, 2.24) is 36.3 Å². The molecule has 0 aliphatic carbocycles. The first kappa shape index (κ1) is 34.1. The van der Waals surface area contributed by atoms with Crippen molar-refractivity contribution in [1.29, 1.82) is 0 Å². The van der Waals surface area contributed by atoms with Crippen LogP contribution in [-0.2, 0) is 25.7 Å². The van der Waals surface area contributed by atoms with Gasteiger partial charge in [-0.2, -0.15) is 0 Å². The highest BCUT2D eigenvalue weighted by Gasteiger charge is 2.39. The van der Waals surface area contributed by atoms with Gasteiger partial charge in [-0.25, -0.2) is 23.5 Å². The number of carbonyl (C=O) groups is 3. The Labute approximate surface area is 277 Å². The smallest absolute Gasteiger partial charge is 0.337 e. The lowest BCUT2D eigenvalue weighted by Crippen LogP contribution is -2.33. The molecule has 7 rings (SSSR count). The molecule has 16 heteroatoms. The molecule has 0 saturated heterocycles. The topological polar surface area (TPSA) is 219 Å². The fourth-order valence-corrected chi connectivity index (χ4v) is 5.21. The zero-order chi connectivity index (χ0) is 35.1. The van der Waals surface area contributed by atoms with Crippen LogP contribution in [0.15, 0.2) is 91.0 Å². The van der Waals surface area contributed by atoms with Gasteiger partial charge in [0.15, 0.2) is 6.29 Å². The van der Waals surface area contributed by atoms with Crippen LogP contribution >= 0.6 is 0 Å². The van der Waals surface area contributed by atoms with Crippen LogP contribution in [-0.4, -0.2) is 67.5 Å². The number of rotatable bonds is 6. The van der Waals surface area contributed by atoms with Crippen molar-refractivity contribution in [3.63, 3.8) is 0 Å². The number of hydrogen-bond donors (Lipinski definition) is 2. The quantitative estimate of drug-likeness (QED) is 0.186. The lowest BCUT2D eigenvalue weighted by Gasteiger charge is -2.30. The maximum absolute atomic E-state index is 12.9. The third-order valence-corrected chi connectivity index (χ3v) is 7.34. The second-order valence-electron chi connectivity index (χ2n) is 10.9. The number of fused-ring (bicyclic) bond motifs is 3. The molecule has 0 fully saturated rings. The summed E-state index contributed by atoms with van der Waals surface area (Å²) in [4.78, 5) is 35.9. The van der Waals surface area contributed by atoms with Gasteiger partial charge in [-0.15, -0.1) is 0 Å². The van der Waals surface area contributed by atoms with Crippen LogP contribution in [0.3, 0.4) is 0 Å². The summed E-state index contributed by atoms with van der Waals surface area (Å²) in [5.74, 6) is -1.77. The Morgan fingerprint density at radius 1 is 0.796 bits per heavy atom. The number of allylic oxidation sites excluding steroid dienone is 2. The fourth-order valence-electron chi connectivity index (χ4n) is 5.21. The Morgan fingerprint density at radius 2 is 1.33 bits per heavy atom. The van der Waals surface area contributed by atoms with E-state index in [0.29, 0.717) is 66.8 Å². The Balaban J connectivity index is 0.000000172. The van der Waals surface area contributed by atoms with Gasteiger partial charge >= 0.3 is 11.9 Å². The number of methoxy groups -OCH3 is 1. The van der Waals surface area contributed by atoms with Gasteiger partial charge in [0.2, 0.25) is 0 Å². The number of dihydropyridines is 1. The minimum Gasteiger partial charge on any atom is -0.466 e. The van der Waals surface area contributed by atoms with Crippen LogP contribution in [0.25, 0.3) is 33.1 Å². The van der Waals surface area contributed by atoms with Gasteiger partial charge in [0.25, 0.3) is 0 Å². The molecule has 0 saturated carbocycles. The van der Waals surface area contributed by atoms with E-state index < -0.39 is 17.9 Å². The highest BCUT2D eigenvalue weighted by Crippen LogP contribution is 2.41. The van der Waals surface area contributed by atoms with Gasteiger partial charge in [0.1, 0.15) is 33.1 Å². The third-order valence-electron chi connectivity index (χ3n) is 7.34. The molecule has 1 unspecified atom stereocenters. The van der Waals surface area contributed by atoms with Crippen molar-refractivity contribution >= 4 is 51.3 Å². The second-order valence-corrected chi connectivity index (χ2v) is 10.9. The normalized spacial score (nSPS) is 14.2. The summed E-state index contributed by atoms with van der Waals surface area (Å²) < 4.78 is 24.2. The van der Waals surface area contributed by atoms with Crippen molar-refractivity contribution in [2.45, 2.75) is 46.3 Å². The Kier molecular flexibility index (Phi) is 10.5. The van der Waals surface area contributed by atoms with Gasteiger partial charge < -0.3 is 19.9 Å². The molecule has 1 atom stereocenters. The standard InChI is InChI=1S/C19H21N3O5.C7H6N2O2.C7H4N2O2/c1-9(2)26-19(24)15-11(4)20-10(3)14(18(23)25-5)16(15)12-7-6-8-13-17(12)22-27-21-13;2*10-4-5-2-1-3-6-7(5)9-11-8-6/h6-9,16,20H,1-5H3;1-3,10H,4H2;1-4H. The Morgan fingerprint density at radius 3 is 1.92 bits per heavy atom. The highest BCUT2D eigenvalue weighted by molar-refractivity contribution is 6.01. The fraction of sp³-hybridized carbons (Fsp3) is 0.242. The summed E-state index contributed by atoms with van der Waals surface area (Å²) in [6.45, 7) is 7.02. The van der Waals surface area contributed by atoms with Crippen LogP contribution < -0.4 is 5.32 Å². The Hall–Kier alpha value is -6.29. The minimum absolute atomic E-state index is 0.0362. The van der Waals surface area contributed by atoms with Crippen LogP contribution in [0.4, 0.5) is 0 Å². The predicted molar refractivity (Wildman–Crippen MR) is 171 cm³/mol. The van der Waals surface area contributed by atoms with Crippen molar-refractivity contribution in [2.24, 2.45) is 0 Å². The monoisotopic (exact) mass is 669 g/mol. The van der Waals surface area contributed by atoms with E-state index >= 15 is 0 Å². The zero-order valence-corrected chi connectivity index (χ0v) is 27.0. The zero-order valence-electron chi connectivity index (χ0n) is 27.0. The van der Waals surface area contributed by atoms with Gasteiger partial charge in [-0.3, -0.25) is 4.79 Å². The summed E-state index contributed by atoms with van der Waals surface area (Å²) in [5.41, 5.74) is 7.13. The lowest BCUT2D eigenvalue weighted by molar-refractivity contribution is -0.143. The van der Waals surface area contributed by atoms with E-state index in [0.717, 1.165) is 11.8 Å². The first-order chi connectivity index (χ1) is 23.7. The summed E-state index contributed by atoms with van der Waals surface area (Å²) in [6, 6.07) is 15.8. The van der Waals surface area contributed by atoms with Crippen LogP contribution in [0.2, 0.25) is 0 Å². The number of benzene rings is 3. The Bertz CT molecular complexity index is 2200. The molecule has 3 aromatic heterocycles. The van der Waals surface area contributed by atoms with Gasteiger partial charge in [0.05, 0.1) is 36.9 Å². The minimum atomic E-state index is -0.722. The van der Waals surface area contributed by atoms with E-state index in [-0.39, 0.29) is 12.7 Å². The molecule has 1 aliphatic rings. The summed E-state index contributed by atoms with van der Waals surface area (Å²) >= 11 is 0. The number of aliphatic hydroxyl groups is 1. The van der Waals surface area contributed by atoms with Crippen LogP contribution in [0, 0.1) is 0 Å². The molecule has 2 N–H and O–H groups in total. The lowest BCUT2D eigenvalue weighted by atomic mass is 9.80. The van der Waals surface area contributed by atoms with E-state index in [2.05, 4.69) is 45.5 Å². The number of nitrogens with one attached hydrogen (secondary N) is 1. The summed E-state index contributed by atoms with van der Waals surface area (Å²) in [7, 11) is 1.30. The molecular formula is C33H31N7O9. The molecule has 0 radical (unpaired) electrons. The van der Waals surface area contributed by atoms with E-state index in [1.807, 2.05) is 0 Å². The molecule has 16 nitrogen and oxygen atoms in total. The van der Waals surface area contributed by atoms with Crippen molar-refractivity contribution in [3.05, 3.63) is 93.8 Å².